The van der Waals surface area contributed by atoms with Gasteiger partial charge < -0.3 is 9.97 Å². The zero-order valence-corrected chi connectivity index (χ0v) is 21.7. The molecule has 0 aliphatic carbocycles. The topological polar surface area (TPSA) is 74.4 Å². The van der Waals surface area contributed by atoms with Gasteiger partial charge in [-0.05, 0) is 84.0 Å². The number of benzene rings is 2. The fourth-order valence-corrected chi connectivity index (χ4v) is 4.46. The minimum atomic E-state index is 0.717. The fraction of sp³-hybridized carbons (Fsp3) is 0. The molecule has 5 heteroatoms. The number of nitrogens with one attached hydrogen (secondary N) is 2. The molecule has 5 heterocycles. The van der Waals surface area contributed by atoms with E-state index in [1.54, 1.807) is 0 Å². The summed E-state index contributed by atoms with van der Waals surface area (Å²) in [6, 6.07) is 33.9. The van der Waals surface area contributed by atoms with Crippen molar-refractivity contribution < 1.29 is 4.79 Å². The highest BCUT2D eigenvalue weighted by Gasteiger charge is 2.01. The molecule has 7 rings (SSSR count). The van der Waals surface area contributed by atoms with Gasteiger partial charge in [0.05, 0.1) is 22.8 Å². The van der Waals surface area contributed by atoms with Gasteiger partial charge in [-0.3, -0.25) is 4.79 Å². The number of aromatic amines is 2. The Labute approximate surface area is 231 Å². The van der Waals surface area contributed by atoms with Crippen molar-refractivity contribution >= 4 is 64.8 Å². The lowest BCUT2D eigenvalue weighted by atomic mass is 10.1. The molecule has 2 aromatic carbocycles. The Bertz CT molecular complexity index is 1750. The van der Waals surface area contributed by atoms with Gasteiger partial charge in [-0.15, -0.1) is 0 Å². The second-order valence-electron chi connectivity index (χ2n) is 9.40. The molecule has 192 valence electrons. The summed E-state index contributed by atoms with van der Waals surface area (Å²) in [4.78, 5) is 26.8. The summed E-state index contributed by atoms with van der Waals surface area (Å²) in [6.45, 7) is 0. The molecule has 3 aromatic heterocycles. The molecule has 2 aliphatic heterocycles. The van der Waals surface area contributed by atoms with Crippen LogP contribution in [0, 0.1) is 0 Å². The molecule has 0 spiro atoms. The molecule has 0 atom stereocenters. The van der Waals surface area contributed by atoms with Crippen LogP contribution in [0.25, 0.3) is 58.5 Å². The van der Waals surface area contributed by atoms with Crippen LogP contribution in [0.1, 0.15) is 44.3 Å². The molecule has 8 bridgehead atoms. The quantitative estimate of drug-likeness (QED) is 0.182. The van der Waals surface area contributed by atoms with Crippen LogP contribution in [-0.4, -0.2) is 26.2 Å². The maximum atomic E-state index is 10.8. The minimum Gasteiger partial charge on any atom is -0.355 e. The summed E-state index contributed by atoms with van der Waals surface area (Å²) in [5.74, 6) is 0. The molecule has 0 amide bonds. The van der Waals surface area contributed by atoms with Gasteiger partial charge in [-0.1, -0.05) is 66.7 Å². The zero-order chi connectivity index (χ0) is 27.1. The first-order valence-corrected chi connectivity index (χ1v) is 13.0. The number of fused-ring (bicyclic) bond motifs is 8. The van der Waals surface area contributed by atoms with Crippen molar-refractivity contribution in [2.45, 2.75) is 0 Å². The molecule has 2 aliphatic rings. The van der Waals surface area contributed by atoms with Crippen LogP contribution in [0.2, 0.25) is 0 Å². The van der Waals surface area contributed by atoms with E-state index < -0.39 is 0 Å². The van der Waals surface area contributed by atoms with Crippen LogP contribution in [-0.2, 0) is 0 Å². The van der Waals surface area contributed by atoms with Gasteiger partial charge in [0.1, 0.15) is 0 Å². The highest BCUT2D eigenvalue weighted by atomic mass is 16.1. The van der Waals surface area contributed by atoms with Crippen molar-refractivity contribution in [3.63, 3.8) is 0 Å². The molecular weight excluding hydrogens is 492 g/mol. The minimum absolute atomic E-state index is 0.717. The van der Waals surface area contributed by atoms with E-state index in [-0.39, 0.29) is 0 Å². The highest BCUT2D eigenvalue weighted by molar-refractivity contribution is 5.85. The van der Waals surface area contributed by atoms with Gasteiger partial charge in [-0.25, -0.2) is 9.97 Å². The summed E-state index contributed by atoms with van der Waals surface area (Å²) in [7, 11) is 0. The number of H-pyrrole nitrogens is 2. The monoisotopic (exact) mass is 518 g/mol. The van der Waals surface area contributed by atoms with Crippen molar-refractivity contribution in [3.8, 4) is 0 Å². The number of hydrogen-bond donors (Lipinski definition) is 2. The first-order chi connectivity index (χ1) is 19.7. The first-order valence-electron chi connectivity index (χ1n) is 13.0. The second-order valence-corrected chi connectivity index (χ2v) is 9.40. The Kier molecular flexibility index (Phi) is 7.09. The van der Waals surface area contributed by atoms with E-state index in [0.29, 0.717) is 0 Å². The highest BCUT2D eigenvalue weighted by Crippen LogP contribution is 2.17. The molecular formula is C35H26N4O. The van der Waals surface area contributed by atoms with Gasteiger partial charge in [0.25, 0.3) is 0 Å². The predicted octanol–water partition coefficient (Wildman–Crippen LogP) is 8.33. The lowest BCUT2D eigenvalue weighted by molar-refractivity contribution is 0.112. The Morgan fingerprint density at radius 2 is 0.900 bits per heavy atom. The predicted molar refractivity (Wildman–Crippen MR) is 166 cm³/mol. The van der Waals surface area contributed by atoms with E-state index in [1.165, 1.54) is 0 Å². The van der Waals surface area contributed by atoms with Crippen LogP contribution >= 0.6 is 0 Å². The van der Waals surface area contributed by atoms with E-state index in [4.69, 9.17) is 0 Å². The van der Waals surface area contributed by atoms with E-state index in [2.05, 4.69) is 44.2 Å². The van der Waals surface area contributed by atoms with Crippen LogP contribution in [0.15, 0.2) is 103 Å². The normalized spacial score (nSPS) is 11.8. The van der Waals surface area contributed by atoms with Gasteiger partial charge in [-0.2, -0.15) is 0 Å². The molecule has 0 saturated carbocycles. The average molecular weight is 519 g/mol. The van der Waals surface area contributed by atoms with Gasteiger partial charge in [0.2, 0.25) is 0 Å². The second kappa shape index (κ2) is 11.5. The number of aromatic nitrogens is 4. The van der Waals surface area contributed by atoms with Crippen LogP contribution < -0.4 is 0 Å². The van der Waals surface area contributed by atoms with Gasteiger partial charge >= 0.3 is 0 Å². The number of carbonyl (C=O) groups is 1. The zero-order valence-electron chi connectivity index (χ0n) is 21.7. The number of carbonyl (C=O) groups excluding carboxylic acids is 1. The largest absolute Gasteiger partial charge is 0.355 e. The Morgan fingerprint density at radius 3 is 1.35 bits per heavy atom. The van der Waals surface area contributed by atoms with Crippen molar-refractivity contribution in [2.24, 2.45) is 0 Å². The van der Waals surface area contributed by atoms with Crippen molar-refractivity contribution in [3.05, 3.63) is 143 Å². The van der Waals surface area contributed by atoms with E-state index in [1.807, 2.05) is 115 Å². The summed E-state index contributed by atoms with van der Waals surface area (Å²) < 4.78 is 0. The van der Waals surface area contributed by atoms with E-state index >= 15 is 0 Å². The Hall–Kier alpha value is -5.55. The third-order valence-corrected chi connectivity index (χ3v) is 6.42. The standard InChI is InChI=1S/C20H14N4.C15H12O/c1-2-14-10-16-5-6-18(23-16)12-20-8-7-19(24-20)11-17-4-3-15(22-17)9-13(1)21-14;16-12-15-9-5-4-8-14(15)11-10-13-6-2-1-3-7-13/h1-12,21,24H;1-12H. The lowest BCUT2D eigenvalue weighted by Crippen LogP contribution is -1.83. The molecule has 0 radical (unpaired) electrons. The van der Waals surface area contributed by atoms with Crippen molar-refractivity contribution in [1.29, 1.82) is 0 Å². The maximum absolute atomic E-state index is 10.8. The summed E-state index contributed by atoms with van der Waals surface area (Å²) >= 11 is 0. The summed E-state index contributed by atoms with van der Waals surface area (Å²) in [6.07, 6.45) is 12.9. The molecule has 5 aromatic rings. The fourth-order valence-electron chi connectivity index (χ4n) is 4.46. The third-order valence-electron chi connectivity index (χ3n) is 6.42. The first kappa shape index (κ1) is 24.8. The van der Waals surface area contributed by atoms with E-state index in [9.17, 15) is 4.79 Å². The van der Waals surface area contributed by atoms with Crippen LogP contribution in [0.4, 0.5) is 0 Å². The van der Waals surface area contributed by atoms with Crippen molar-refractivity contribution in [1.82, 2.24) is 19.9 Å². The molecule has 0 unspecified atom stereocenters. The Morgan fingerprint density at radius 1 is 0.475 bits per heavy atom. The summed E-state index contributed by atoms with van der Waals surface area (Å²) in [5.41, 5.74) is 10.7. The number of rotatable bonds is 3. The molecule has 0 saturated heterocycles. The van der Waals surface area contributed by atoms with Crippen molar-refractivity contribution in [2.75, 3.05) is 0 Å². The third kappa shape index (κ3) is 6.11. The molecule has 5 nitrogen and oxygen atoms in total. The maximum Gasteiger partial charge on any atom is 0.150 e. The summed E-state index contributed by atoms with van der Waals surface area (Å²) in [5, 5.41) is 0. The number of aldehydes is 1. The number of hydrogen-bond acceptors (Lipinski definition) is 3. The Balaban J connectivity index is 0.000000158. The van der Waals surface area contributed by atoms with Crippen LogP contribution in [0.5, 0.6) is 0 Å². The lowest BCUT2D eigenvalue weighted by Gasteiger charge is -1.97. The number of nitrogens with zero attached hydrogens (tertiary/aromatic N) is 2. The average Bonchev–Trinajstić information content (AvgIpc) is 3.80. The molecule has 0 fully saturated rings. The smallest absolute Gasteiger partial charge is 0.150 e. The van der Waals surface area contributed by atoms with Gasteiger partial charge in [0, 0.05) is 27.6 Å². The molecule has 2 N–H and O–H groups in total. The van der Waals surface area contributed by atoms with Crippen LogP contribution in [0.3, 0.4) is 0 Å². The van der Waals surface area contributed by atoms with Gasteiger partial charge in [0.15, 0.2) is 6.29 Å². The van der Waals surface area contributed by atoms with E-state index in [0.717, 1.165) is 67.8 Å². The SMILES string of the molecule is C1=Cc2cc3ccc(cc4nc(cc5ccc(cc1n2)[nH]5)C=C4)[nH]3.O=Cc1ccccc1C=Cc1ccccc1. The molecule has 40 heavy (non-hydrogen) atoms.